The number of imidazole rings is 1. The van der Waals surface area contributed by atoms with Crippen LogP contribution in [0.3, 0.4) is 0 Å². The summed E-state index contributed by atoms with van der Waals surface area (Å²) in [5.41, 5.74) is 0.796. The fourth-order valence-corrected chi connectivity index (χ4v) is 1.52. The molecule has 0 saturated carbocycles. The van der Waals surface area contributed by atoms with E-state index in [1.807, 2.05) is 6.20 Å². The maximum Gasteiger partial charge on any atom is 0.160 e. The molecule has 84 valence electrons. The second kappa shape index (κ2) is 5.37. The first-order valence-electron chi connectivity index (χ1n) is 5.18. The zero-order valence-electron chi connectivity index (χ0n) is 9.21. The summed E-state index contributed by atoms with van der Waals surface area (Å²) in [6, 6.07) is 0. The average molecular weight is 218 g/mol. The highest BCUT2D eigenvalue weighted by Crippen LogP contribution is 2.13. The number of hydrogen-bond donors (Lipinski definition) is 0. The Morgan fingerprint density at radius 1 is 1.25 bits per heavy atom. The minimum atomic E-state index is 0.748. The third-order valence-electron chi connectivity index (χ3n) is 2.26. The smallest absolute Gasteiger partial charge is 0.160 e. The Kier molecular flexibility index (Phi) is 3.61. The lowest BCUT2D eigenvalue weighted by Crippen LogP contribution is -2.03. The van der Waals surface area contributed by atoms with Gasteiger partial charge in [-0.15, -0.1) is 0 Å². The Bertz CT molecular complexity index is 427. The van der Waals surface area contributed by atoms with E-state index < -0.39 is 0 Å². The van der Waals surface area contributed by atoms with Crippen LogP contribution in [0.15, 0.2) is 31.0 Å². The molecule has 0 aliphatic rings. The van der Waals surface area contributed by atoms with Crippen molar-refractivity contribution in [3.05, 3.63) is 31.0 Å². The predicted octanol–water partition coefficient (Wildman–Crippen LogP) is 1.38. The molecule has 2 heterocycles. The molecule has 0 atom stereocenters. The van der Waals surface area contributed by atoms with Crippen LogP contribution in [0.4, 0.5) is 0 Å². The van der Waals surface area contributed by atoms with Crippen LogP contribution in [0, 0.1) is 0 Å². The summed E-state index contributed by atoms with van der Waals surface area (Å²) < 4.78 is 7.08. The van der Waals surface area contributed by atoms with Crippen molar-refractivity contribution in [2.45, 2.75) is 13.0 Å². The SMILES string of the molecule is COCCCn1ccnc1-c1cnccn1. The van der Waals surface area contributed by atoms with Crippen LogP contribution in [0.1, 0.15) is 6.42 Å². The van der Waals surface area contributed by atoms with Gasteiger partial charge in [0.25, 0.3) is 0 Å². The maximum atomic E-state index is 5.02. The molecule has 0 aliphatic carbocycles. The van der Waals surface area contributed by atoms with Gasteiger partial charge in [0.2, 0.25) is 0 Å². The second-order valence-electron chi connectivity index (χ2n) is 3.38. The molecule has 2 aromatic heterocycles. The van der Waals surface area contributed by atoms with Crippen LogP contribution in [-0.4, -0.2) is 33.2 Å². The summed E-state index contributed by atoms with van der Waals surface area (Å²) in [7, 11) is 1.71. The lowest BCUT2D eigenvalue weighted by Gasteiger charge is -2.06. The van der Waals surface area contributed by atoms with Gasteiger partial charge in [0.1, 0.15) is 5.69 Å². The van der Waals surface area contributed by atoms with E-state index in [2.05, 4.69) is 19.5 Å². The molecule has 5 heteroatoms. The first-order chi connectivity index (χ1) is 7.92. The van der Waals surface area contributed by atoms with Crippen LogP contribution in [0.5, 0.6) is 0 Å². The largest absolute Gasteiger partial charge is 0.385 e. The molecule has 0 fully saturated rings. The molecule has 2 rings (SSSR count). The number of aromatic nitrogens is 4. The molecule has 0 saturated heterocycles. The van der Waals surface area contributed by atoms with Crippen molar-refractivity contribution in [2.75, 3.05) is 13.7 Å². The maximum absolute atomic E-state index is 5.02. The molecule has 0 spiro atoms. The number of rotatable bonds is 5. The third-order valence-corrected chi connectivity index (χ3v) is 2.26. The van der Waals surface area contributed by atoms with Crippen molar-refractivity contribution in [1.29, 1.82) is 0 Å². The summed E-state index contributed by atoms with van der Waals surface area (Å²) in [4.78, 5) is 12.6. The van der Waals surface area contributed by atoms with Crippen molar-refractivity contribution < 1.29 is 4.74 Å². The summed E-state index contributed by atoms with van der Waals surface area (Å²) >= 11 is 0. The molecule has 0 radical (unpaired) electrons. The Morgan fingerprint density at radius 2 is 2.19 bits per heavy atom. The van der Waals surface area contributed by atoms with Crippen LogP contribution in [-0.2, 0) is 11.3 Å². The minimum absolute atomic E-state index is 0.748. The molecule has 2 aromatic rings. The van der Waals surface area contributed by atoms with Gasteiger partial charge < -0.3 is 9.30 Å². The van der Waals surface area contributed by atoms with E-state index in [-0.39, 0.29) is 0 Å². The topological polar surface area (TPSA) is 52.8 Å². The molecule has 0 unspecified atom stereocenters. The molecule has 0 aliphatic heterocycles. The Hall–Kier alpha value is -1.75. The van der Waals surface area contributed by atoms with Gasteiger partial charge in [0.05, 0.1) is 6.20 Å². The van der Waals surface area contributed by atoms with Crippen LogP contribution in [0.25, 0.3) is 11.5 Å². The van der Waals surface area contributed by atoms with E-state index in [1.165, 1.54) is 0 Å². The molecule has 5 nitrogen and oxygen atoms in total. The van der Waals surface area contributed by atoms with Gasteiger partial charge in [0, 0.05) is 45.0 Å². The van der Waals surface area contributed by atoms with Crippen molar-refractivity contribution in [3.8, 4) is 11.5 Å². The number of aryl methyl sites for hydroxylation is 1. The van der Waals surface area contributed by atoms with E-state index in [0.717, 1.165) is 31.1 Å². The van der Waals surface area contributed by atoms with E-state index in [1.54, 1.807) is 31.9 Å². The van der Waals surface area contributed by atoms with E-state index >= 15 is 0 Å². The average Bonchev–Trinajstić information content (AvgIpc) is 2.79. The van der Waals surface area contributed by atoms with Gasteiger partial charge in [-0.2, -0.15) is 0 Å². The molecule has 16 heavy (non-hydrogen) atoms. The third kappa shape index (κ3) is 2.43. The Labute approximate surface area is 94.1 Å². The highest BCUT2D eigenvalue weighted by Gasteiger charge is 2.06. The number of hydrogen-bond acceptors (Lipinski definition) is 4. The van der Waals surface area contributed by atoms with Crippen molar-refractivity contribution in [2.24, 2.45) is 0 Å². The summed E-state index contributed by atoms with van der Waals surface area (Å²) in [5, 5.41) is 0. The second-order valence-corrected chi connectivity index (χ2v) is 3.38. The van der Waals surface area contributed by atoms with Gasteiger partial charge in [-0.3, -0.25) is 4.98 Å². The fraction of sp³-hybridized carbons (Fsp3) is 0.364. The summed E-state index contributed by atoms with van der Waals surface area (Å²) in [5.74, 6) is 0.851. The van der Waals surface area contributed by atoms with E-state index in [9.17, 15) is 0 Å². The lowest BCUT2D eigenvalue weighted by atomic mass is 10.4. The molecular formula is C11H14N4O. The van der Waals surface area contributed by atoms with Crippen molar-refractivity contribution >= 4 is 0 Å². The zero-order valence-corrected chi connectivity index (χ0v) is 9.21. The highest BCUT2D eigenvalue weighted by molar-refractivity contribution is 5.47. The van der Waals surface area contributed by atoms with Crippen LogP contribution in [0.2, 0.25) is 0 Å². The van der Waals surface area contributed by atoms with Gasteiger partial charge >= 0.3 is 0 Å². The summed E-state index contributed by atoms with van der Waals surface area (Å²) in [6.45, 7) is 1.62. The normalized spacial score (nSPS) is 10.6. The van der Waals surface area contributed by atoms with Crippen molar-refractivity contribution in [3.63, 3.8) is 0 Å². The van der Waals surface area contributed by atoms with Gasteiger partial charge in [0.15, 0.2) is 5.82 Å². The van der Waals surface area contributed by atoms with Gasteiger partial charge in [-0.1, -0.05) is 0 Å². The van der Waals surface area contributed by atoms with E-state index in [0.29, 0.717) is 0 Å². The highest BCUT2D eigenvalue weighted by atomic mass is 16.5. The molecule has 0 aromatic carbocycles. The standard InChI is InChI=1S/C11H14N4O/c1-16-8-2-6-15-7-5-14-11(15)10-9-12-3-4-13-10/h3-5,7,9H,2,6,8H2,1H3. The quantitative estimate of drug-likeness (QED) is 0.711. The number of methoxy groups -OCH3 is 1. The number of ether oxygens (including phenoxy) is 1. The van der Waals surface area contributed by atoms with Gasteiger partial charge in [-0.25, -0.2) is 9.97 Å². The lowest BCUT2D eigenvalue weighted by molar-refractivity contribution is 0.190. The first kappa shape index (κ1) is 10.8. The Balaban J connectivity index is 2.13. The number of nitrogens with zero attached hydrogens (tertiary/aromatic N) is 4. The van der Waals surface area contributed by atoms with Crippen LogP contribution < -0.4 is 0 Å². The van der Waals surface area contributed by atoms with E-state index in [4.69, 9.17) is 4.74 Å². The molecular weight excluding hydrogens is 204 g/mol. The summed E-state index contributed by atoms with van der Waals surface area (Å²) in [6.07, 6.45) is 9.72. The Morgan fingerprint density at radius 3 is 2.94 bits per heavy atom. The predicted molar refractivity (Wildman–Crippen MR) is 59.7 cm³/mol. The molecule has 0 N–H and O–H groups in total. The monoisotopic (exact) mass is 218 g/mol. The fourth-order valence-electron chi connectivity index (χ4n) is 1.52. The minimum Gasteiger partial charge on any atom is -0.385 e. The van der Waals surface area contributed by atoms with Gasteiger partial charge in [-0.05, 0) is 6.42 Å². The molecule has 0 amide bonds. The zero-order chi connectivity index (χ0) is 11.2. The molecule has 0 bridgehead atoms. The van der Waals surface area contributed by atoms with Crippen LogP contribution >= 0.6 is 0 Å². The first-order valence-corrected chi connectivity index (χ1v) is 5.18. The van der Waals surface area contributed by atoms with Crippen molar-refractivity contribution in [1.82, 2.24) is 19.5 Å².